The first-order valence-electron chi connectivity index (χ1n) is 6.84. The molecule has 0 spiro atoms. The molecule has 4 nitrogen and oxygen atoms in total. The molecule has 1 amide bonds. The zero-order chi connectivity index (χ0) is 13.8. The number of fused-ring (bicyclic) bond motifs is 1. The van der Waals surface area contributed by atoms with Crippen molar-refractivity contribution < 1.29 is 56.5 Å². The molecule has 2 rings (SSSR count). The van der Waals surface area contributed by atoms with Gasteiger partial charge in [-0.1, -0.05) is 19.4 Å². The smallest absolute Gasteiger partial charge is 0.275 e. The number of unbranched alkanes of at least 4 members (excludes halogenated alkanes) is 1. The number of hydrogen-bond acceptors (Lipinski definition) is 3. The van der Waals surface area contributed by atoms with Crippen LogP contribution < -0.4 is 5.48 Å². The molecule has 0 saturated carbocycles. The van der Waals surface area contributed by atoms with Gasteiger partial charge in [0, 0.05) is 47.3 Å². The van der Waals surface area contributed by atoms with Crippen LogP contribution in [0.2, 0.25) is 0 Å². The Kier molecular flexibility index (Phi) is 7.61. The molecule has 1 aliphatic rings. The summed E-state index contributed by atoms with van der Waals surface area (Å²) < 4.78 is 0. The third kappa shape index (κ3) is 4.01. The number of amides is 1. The van der Waals surface area contributed by atoms with E-state index in [1.54, 1.807) is 0 Å². The van der Waals surface area contributed by atoms with Crippen molar-refractivity contribution in [2.24, 2.45) is 0 Å². The first kappa shape index (κ1) is 18.0. The predicted octanol–water partition coefficient (Wildman–Crippen LogP) is 2.30. The molecule has 20 heavy (non-hydrogen) atoms. The summed E-state index contributed by atoms with van der Waals surface area (Å²) in [7, 11) is 1.42. The Bertz CT molecular complexity index is 476. The van der Waals surface area contributed by atoms with Gasteiger partial charge >= 0.3 is 0 Å². The third-order valence-electron chi connectivity index (χ3n) is 3.63. The van der Waals surface area contributed by atoms with Gasteiger partial charge in [0.15, 0.2) is 0 Å². The van der Waals surface area contributed by atoms with Crippen molar-refractivity contribution in [1.29, 1.82) is 0 Å². The number of carbonyl (C=O) groups excluding carboxylic acids is 1. The van der Waals surface area contributed by atoms with Gasteiger partial charge in [-0.15, -0.1) is 0 Å². The topological polar surface area (TPSA) is 58.6 Å². The van der Waals surface area contributed by atoms with Gasteiger partial charge in [-0.25, -0.2) is 5.48 Å². The van der Waals surface area contributed by atoms with Crippen molar-refractivity contribution in [1.82, 2.24) is 5.48 Å². The summed E-state index contributed by atoms with van der Waals surface area (Å²) in [6.07, 6.45) is 4.13. The predicted molar refractivity (Wildman–Crippen MR) is 72.8 cm³/mol. The molecule has 108 valence electrons. The first-order valence-corrected chi connectivity index (χ1v) is 6.84. The number of aliphatic hydroxyl groups excluding tert-OH is 1. The van der Waals surface area contributed by atoms with Crippen LogP contribution >= 0.6 is 0 Å². The molecular formula is C15H21CeNO3. The van der Waals surface area contributed by atoms with Gasteiger partial charge in [0.05, 0.1) is 13.2 Å². The normalized spacial score (nSPS) is 16.4. The maximum absolute atomic E-state index is 12.0. The summed E-state index contributed by atoms with van der Waals surface area (Å²) >= 11 is 0. The molecule has 0 aliphatic heterocycles. The van der Waals surface area contributed by atoms with E-state index in [1.165, 1.54) is 7.11 Å². The maximum atomic E-state index is 12.0. The van der Waals surface area contributed by atoms with E-state index in [9.17, 15) is 9.90 Å². The quantitative estimate of drug-likeness (QED) is 0.742. The summed E-state index contributed by atoms with van der Waals surface area (Å²) in [5, 5.41) is 10.0. The molecule has 0 fully saturated rings. The van der Waals surface area contributed by atoms with E-state index >= 15 is 0 Å². The van der Waals surface area contributed by atoms with E-state index in [-0.39, 0.29) is 47.7 Å². The zero-order valence-corrected chi connectivity index (χ0v) is 15.2. The number of hydroxylamine groups is 1. The van der Waals surface area contributed by atoms with Gasteiger partial charge in [0.1, 0.15) is 0 Å². The van der Waals surface area contributed by atoms with Gasteiger partial charge in [-0.05, 0) is 48.4 Å². The standard InChI is InChI=1S/C15H21NO3.Ce/c1-3-4-5-10-8-12-11(6-7-14(12)17)13(9-10)15(18)16-19-2;/h8-9,14,17H,3-7H2,1-2H3,(H,16,18);. The summed E-state index contributed by atoms with van der Waals surface area (Å²) in [5.74, 6) is -0.230. The Morgan fingerprint density at radius 2 is 2.25 bits per heavy atom. The SMILES string of the molecule is CCCCc1cc(C(=O)NOC)c2c(c1)C(O)CC2.[Ce]. The van der Waals surface area contributed by atoms with Crippen LogP contribution in [0.5, 0.6) is 0 Å². The molecule has 1 aliphatic carbocycles. The molecular weight excluding hydrogens is 382 g/mol. The minimum Gasteiger partial charge on any atom is -0.388 e. The molecule has 0 heterocycles. The van der Waals surface area contributed by atoms with Crippen molar-refractivity contribution >= 4 is 5.91 Å². The van der Waals surface area contributed by atoms with Crippen molar-refractivity contribution in [2.75, 3.05) is 7.11 Å². The third-order valence-corrected chi connectivity index (χ3v) is 3.63. The minimum absolute atomic E-state index is 0. The van der Waals surface area contributed by atoms with Crippen LogP contribution in [0.4, 0.5) is 0 Å². The van der Waals surface area contributed by atoms with Crippen LogP contribution in [0.15, 0.2) is 12.1 Å². The van der Waals surface area contributed by atoms with E-state index in [4.69, 9.17) is 4.84 Å². The second-order valence-corrected chi connectivity index (χ2v) is 5.00. The summed E-state index contributed by atoms with van der Waals surface area (Å²) in [4.78, 5) is 16.7. The molecule has 5 heteroatoms. The molecule has 0 saturated heterocycles. The average molecular weight is 403 g/mol. The van der Waals surface area contributed by atoms with Gasteiger partial charge in [0.2, 0.25) is 0 Å². The second kappa shape index (κ2) is 8.43. The van der Waals surface area contributed by atoms with Crippen LogP contribution in [0, 0.1) is 41.7 Å². The van der Waals surface area contributed by atoms with E-state index < -0.39 is 6.10 Å². The number of hydrogen-bond donors (Lipinski definition) is 2. The van der Waals surface area contributed by atoms with E-state index in [1.807, 2.05) is 12.1 Å². The van der Waals surface area contributed by atoms with Gasteiger partial charge in [0.25, 0.3) is 5.91 Å². The van der Waals surface area contributed by atoms with Crippen LogP contribution in [0.25, 0.3) is 0 Å². The van der Waals surface area contributed by atoms with Crippen LogP contribution in [0.3, 0.4) is 0 Å². The molecule has 1 aromatic rings. The Balaban J connectivity index is 0.00000200. The fraction of sp³-hybridized carbons (Fsp3) is 0.533. The van der Waals surface area contributed by atoms with Crippen LogP contribution in [-0.4, -0.2) is 18.1 Å². The van der Waals surface area contributed by atoms with Crippen LogP contribution in [-0.2, 0) is 17.7 Å². The van der Waals surface area contributed by atoms with Crippen LogP contribution in [0.1, 0.15) is 59.3 Å². The summed E-state index contributed by atoms with van der Waals surface area (Å²) in [6, 6.07) is 3.98. The monoisotopic (exact) mass is 403 g/mol. The van der Waals surface area contributed by atoms with Crippen molar-refractivity contribution in [3.63, 3.8) is 0 Å². The van der Waals surface area contributed by atoms with Gasteiger partial charge in [-0.3, -0.25) is 9.63 Å². The molecule has 1 atom stereocenters. The summed E-state index contributed by atoms with van der Waals surface area (Å²) in [6.45, 7) is 2.14. The molecule has 2 N–H and O–H groups in total. The molecule has 0 aromatic heterocycles. The number of carbonyl (C=O) groups is 1. The Morgan fingerprint density at radius 1 is 1.50 bits per heavy atom. The Morgan fingerprint density at radius 3 is 2.90 bits per heavy atom. The van der Waals surface area contributed by atoms with Crippen molar-refractivity contribution in [3.05, 3.63) is 34.4 Å². The van der Waals surface area contributed by atoms with Crippen molar-refractivity contribution in [3.8, 4) is 0 Å². The average Bonchev–Trinajstić information content (AvgIpc) is 2.78. The van der Waals surface area contributed by atoms with E-state index in [0.717, 1.165) is 42.4 Å². The maximum Gasteiger partial charge on any atom is 0.275 e. The van der Waals surface area contributed by atoms with Gasteiger partial charge in [-0.2, -0.15) is 0 Å². The largest absolute Gasteiger partial charge is 0.388 e. The Labute approximate surface area is 153 Å². The van der Waals surface area contributed by atoms with Crippen molar-refractivity contribution in [2.45, 2.75) is 45.1 Å². The van der Waals surface area contributed by atoms with Gasteiger partial charge < -0.3 is 5.11 Å². The minimum atomic E-state index is -0.439. The Hall–Kier alpha value is -0.0134. The fourth-order valence-corrected chi connectivity index (χ4v) is 2.64. The first-order chi connectivity index (χ1) is 9.17. The summed E-state index contributed by atoms with van der Waals surface area (Å²) in [5.41, 5.74) is 6.00. The molecule has 0 bridgehead atoms. The molecule has 0 radical (unpaired) electrons. The molecule has 1 aromatic carbocycles. The zero-order valence-electron chi connectivity index (χ0n) is 12.0. The number of aryl methyl sites for hydroxylation is 1. The molecule has 1 unspecified atom stereocenters. The number of nitrogens with one attached hydrogen (secondary N) is 1. The number of rotatable bonds is 5. The number of benzene rings is 1. The second-order valence-electron chi connectivity index (χ2n) is 5.00. The number of aliphatic hydroxyl groups is 1. The fourth-order valence-electron chi connectivity index (χ4n) is 2.64. The van der Waals surface area contributed by atoms with E-state index in [2.05, 4.69) is 12.4 Å². The van der Waals surface area contributed by atoms with E-state index in [0.29, 0.717) is 12.0 Å².